The second-order valence-corrected chi connectivity index (χ2v) is 10.9. The molecule has 1 unspecified atom stereocenters. The van der Waals surface area contributed by atoms with Crippen LogP contribution in [0.3, 0.4) is 0 Å². The van der Waals surface area contributed by atoms with E-state index in [1.807, 2.05) is 0 Å². The fourth-order valence-corrected chi connectivity index (χ4v) is 7.79. The maximum Gasteiger partial charge on any atom is 0.136 e. The average molecular weight is 366 g/mol. The van der Waals surface area contributed by atoms with E-state index in [0.717, 1.165) is 19.3 Å². The normalized spacial score (nSPS) is 49.2. The predicted octanol–water partition coefficient (Wildman–Crippen LogP) is 5.22. The van der Waals surface area contributed by atoms with Crippen LogP contribution >= 0.6 is 0 Å². The molecule has 0 radical (unpaired) electrons. The first-order valence-electron chi connectivity index (χ1n) is 11.1. The molecule has 6 atom stereocenters. The fraction of sp³-hybridized carbons (Fsp3) is 0.720. The number of allylic oxidation sites excluding steroid dienone is 6. The molecule has 5 aliphatic carbocycles. The summed E-state index contributed by atoms with van der Waals surface area (Å²) in [6.07, 6.45) is 16.5. The van der Waals surface area contributed by atoms with Crippen LogP contribution in [-0.4, -0.2) is 18.9 Å². The second kappa shape index (κ2) is 5.26. The van der Waals surface area contributed by atoms with Crippen molar-refractivity contribution in [3.63, 3.8) is 0 Å². The fourth-order valence-electron chi connectivity index (χ4n) is 7.79. The van der Waals surface area contributed by atoms with E-state index in [9.17, 15) is 4.79 Å². The van der Waals surface area contributed by atoms with Gasteiger partial charge in [0.05, 0.1) is 0 Å². The molecule has 2 spiro atoms. The van der Waals surface area contributed by atoms with Crippen LogP contribution in [0.15, 0.2) is 35.5 Å². The summed E-state index contributed by atoms with van der Waals surface area (Å²) in [6, 6.07) is 0.555. The van der Waals surface area contributed by atoms with E-state index < -0.39 is 0 Å². The van der Waals surface area contributed by atoms with Crippen LogP contribution in [0.2, 0.25) is 0 Å². The molecule has 4 fully saturated rings. The highest BCUT2D eigenvalue weighted by Crippen LogP contribution is 2.81. The molecule has 0 aromatic carbocycles. The molecule has 4 saturated carbocycles. The van der Waals surface area contributed by atoms with Crippen molar-refractivity contribution >= 4 is 5.78 Å². The first-order chi connectivity index (χ1) is 12.7. The third-order valence-corrected chi connectivity index (χ3v) is 9.88. The zero-order valence-corrected chi connectivity index (χ0v) is 17.7. The minimum Gasteiger partial charge on any atom is -0.316 e. The third kappa shape index (κ3) is 1.94. The number of hydrogen-bond donors (Lipinski definition) is 1. The van der Waals surface area contributed by atoms with Crippen molar-refractivity contribution in [1.82, 2.24) is 5.32 Å². The van der Waals surface area contributed by atoms with Crippen LogP contribution in [0.25, 0.3) is 0 Å². The summed E-state index contributed by atoms with van der Waals surface area (Å²) in [6.45, 7) is 9.49. The number of fused-ring (bicyclic) bond motifs is 3. The second-order valence-electron chi connectivity index (χ2n) is 10.9. The molecule has 0 bridgehead atoms. The van der Waals surface area contributed by atoms with Crippen LogP contribution < -0.4 is 5.32 Å². The summed E-state index contributed by atoms with van der Waals surface area (Å²) in [7, 11) is 2.11. The Morgan fingerprint density at radius 3 is 2.67 bits per heavy atom. The largest absolute Gasteiger partial charge is 0.316 e. The Bertz CT molecular complexity index is 801. The van der Waals surface area contributed by atoms with Crippen molar-refractivity contribution in [2.45, 2.75) is 72.3 Å². The van der Waals surface area contributed by atoms with Gasteiger partial charge in [0.2, 0.25) is 0 Å². The summed E-state index contributed by atoms with van der Waals surface area (Å²) >= 11 is 0. The van der Waals surface area contributed by atoms with Crippen molar-refractivity contribution in [1.29, 1.82) is 0 Å². The molecule has 0 saturated heterocycles. The van der Waals surface area contributed by atoms with Crippen molar-refractivity contribution in [3.8, 4) is 0 Å². The zero-order valence-electron chi connectivity index (χ0n) is 17.7. The van der Waals surface area contributed by atoms with Crippen LogP contribution in [-0.2, 0) is 4.79 Å². The number of Topliss-reactive ketones (excluding diaryl/α,β-unsaturated/α-hetero) is 1. The molecule has 146 valence electrons. The lowest BCUT2D eigenvalue weighted by Crippen LogP contribution is -2.43. The van der Waals surface area contributed by atoms with E-state index in [1.165, 1.54) is 24.8 Å². The first kappa shape index (κ1) is 17.9. The van der Waals surface area contributed by atoms with Gasteiger partial charge in [-0.05, 0) is 67.0 Å². The molecule has 0 aromatic heterocycles. The van der Waals surface area contributed by atoms with Gasteiger partial charge in [0.15, 0.2) is 0 Å². The molecule has 0 aliphatic heterocycles. The van der Waals surface area contributed by atoms with E-state index >= 15 is 0 Å². The molecular formula is C25H35NO. The number of carbonyl (C=O) groups is 1. The maximum atomic E-state index is 12.9. The highest BCUT2D eigenvalue weighted by Gasteiger charge is 2.74. The summed E-state index contributed by atoms with van der Waals surface area (Å²) in [5, 5.41) is 3.58. The van der Waals surface area contributed by atoms with Crippen molar-refractivity contribution in [3.05, 3.63) is 35.5 Å². The highest BCUT2D eigenvalue weighted by molar-refractivity contribution is 5.85. The lowest BCUT2D eigenvalue weighted by molar-refractivity contribution is -0.130. The molecule has 0 amide bonds. The van der Waals surface area contributed by atoms with Crippen molar-refractivity contribution < 1.29 is 4.79 Å². The minimum absolute atomic E-state index is 0.0628. The molecule has 27 heavy (non-hydrogen) atoms. The van der Waals surface area contributed by atoms with Crippen LogP contribution in [0.4, 0.5) is 0 Å². The molecule has 2 heteroatoms. The Balaban J connectivity index is 1.61. The average Bonchev–Trinajstić information content (AvgIpc) is 3.28. The van der Waals surface area contributed by atoms with Crippen molar-refractivity contribution in [2.75, 3.05) is 7.05 Å². The Kier molecular flexibility index (Phi) is 3.49. The Morgan fingerprint density at radius 2 is 2.00 bits per heavy atom. The van der Waals surface area contributed by atoms with Gasteiger partial charge in [0.25, 0.3) is 0 Å². The smallest absolute Gasteiger partial charge is 0.136 e. The summed E-state index contributed by atoms with van der Waals surface area (Å²) < 4.78 is 0. The molecule has 0 heterocycles. The summed E-state index contributed by atoms with van der Waals surface area (Å²) in [5.74, 6) is 1.50. The van der Waals surface area contributed by atoms with Gasteiger partial charge in [-0.2, -0.15) is 0 Å². The van der Waals surface area contributed by atoms with Gasteiger partial charge in [0, 0.05) is 29.2 Å². The van der Waals surface area contributed by atoms with Crippen LogP contribution in [0.1, 0.15) is 66.2 Å². The van der Waals surface area contributed by atoms with Crippen molar-refractivity contribution in [2.24, 2.45) is 33.5 Å². The Morgan fingerprint density at radius 1 is 1.22 bits per heavy atom. The summed E-state index contributed by atoms with van der Waals surface area (Å²) in [4.78, 5) is 12.9. The quantitative estimate of drug-likeness (QED) is 0.727. The van der Waals surface area contributed by atoms with E-state index in [2.05, 4.69) is 64.4 Å². The molecule has 2 nitrogen and oxygen atoms in total. The number of hydrogen-bond acceptors (Lipinski definition) is 2. The molecular weight excluding hydrogens is 330 g/mol. The van der Waals surface area contributed by atoms with Gasteiger partial charge in [0.1, 0.15) is 5.78 Å². The van der Waals surface area contributed by atoms with Gasteiger partial charge >= 0.3 is 0 Å². The number of carbonyl (C=O) groups excluding carboxylic acids is 1. The Labute approximate surface area is 164 Å². The van der Waals surface area contributed by atoms with E-state index in [1.54, 1.807) is 5.57 Å². The standard InChI is InChI=1S/C25H35NO/c1-6-16-12-25-14-19(25)17-13-24(11-9-21(26-5)22(24,2)3)10-7-8-18(17)23(25,4)15-20(16)27/h7-8,10,13,16,19,21,26H,6,9,11-12,14-15H2,1-5H3/t16-,19+,21-,23-,24-,25?/m0/s1. The topological polar surface area (TPSA) is 29.1 Å². The number of ketones is 1. The minimum atomic E-state index is 0.0628. The Hall–Kier alpha value is -1.15. The van der Waals surface area contributed by atoms with Gasteiger partial charge in [-0.25, -0.2) is 0 Å². The van der Waals surface area contributed by atoms with Gasteiger partial charge in [-0.15, -0.1) is 0 Å². The summed E-state index contributed by atoms with van der Waals surface area (Å²) in [5.41, 5.74) is 3.88. The van der Waals surface area contributed by atoms with E-state index in [-0.39, 0.29) is 16.2 Å². The van der Waals surface area contributed by atoms with E-state index in [0.29, 0.717) is 29.1 Å². The third-order valence-electron chi connectivity index (χ3n) is 9.88. The monoisotopic (exact) mass is 365 g/mol. The van der Waals surface area contributed by atoms with Gasteiger partial charge < -0.3 is 5.32 Å². The lowest BCUT2D eigenvalue weighted by Gasteiger charge is -2.43. The van der Waals surface area contributed by atoms with Crippen LogP contribution in [0.5, 0.6) is 0 Å². The zero-order chi connectivity index (χ0) is 19.2. The molecule has 0 aromatic rings. The lowest BCUT2D eigenvalue weighted by atomic mass is 9.59. The van der Waals surface area contributed by atoms with Gasteiger partial charge in [-0.1, -0.05) is 52.0 Å². The van der Waals surface area contributed by atoms with E-state index in [4.69, 9.17) is 0 Å². The number of rotatable bonds is 2. The molecule has 5 rings (SSSR count). The maximum absolute atomic E-state index is 12.9. The highest BCUT2D eigenvalue weighted by atomic mass is 16.1. The first-order valence-corrected chi connectivity index (χ1v) is 11.1. The number of nitrogens with one attached hydrogen (secondary N) is 1. The molecule has 5 aliphatic rings. The molecule has 1 N–H and O–H groups in total. The SMILES string of the molecule is CC[C@H]1CC23C[C@@H]2C2=C[C@]4(C=CC=C2[C@]3(C)CC1=O)CC[C@H](NC)C4(C)C. The van der Waals surface area contributed by atoms with Gasteiger partial charge in [-0.3, -0.25) is 4.79 Å². The predicted molar refractivity (Wildman–Crippen MR) is 110 cm³/mol. The van der Waals surface area contributed by atoms with Crippen LogP contribution in [0, 0.1) is 33.5 Å².